The number of carbonyl (C=O) groups excluding carboxylic acids is 3. The van der Waals surface area contributed by atoms with E-state index in [0.717, 1.165) is 11.8 Å². The molecular weight excluding hydrogens is 432 g/mol. The molecule has 1 fully saturated rings. The molecule has 1 saturated heterocycles. The van der Waals surface area contributed by atoms with Crippen molar-refractivity contribution in [1.82, 2.24) is 4.90 Å². The zero-order valence-electron chi connectivity index (χ0n) is 13.7. The largest absolute Gasteiger partial charge is 0.550 e. The third-order valence-corrected chi connectivity index (χ3v) is 4.99. The van der Waals surface area contributed by atoms with E-state index < -0.39 is 35.2 Å². The number of amides is 1. The van der Waals surface area contributed by atoms with Crippen LogP contribution in [0.15, 0.2) is 40.3 Å². The molecule has 0 aliphatic carbocycles. The zero-order chi connectivity index (χ0) is 21.0. The fourth-order valence-corrected chi connectivity index (χ4v) is 3.85. The zero-order valence-corrected chi connectivity index (χ0v) is 16.1. The first-order valence-electron chi connectivity index (χ1n) is 7.39. The Labute approximate surface area is 172 Å². The first-order valence-corrected chi connectivity index (χ1v) is 9.00. The fraction of sp³-hybridized carbons (Fsp3) is 0.125. The number of carboxylic acids is 2. The highest BCUT2D eigenvalue weighted by Gasteiger charge is 2.37. The predicted octanol–water partition coefficient (Wildman–Crippen LogP) is 0.177. The van der Waals surface area contributed by atoms with Crippen LogP contribution in [-0.4, -0.2) is 38.0 Å². The van der Waals surface area contributed by atoms with E-state index in [-0.39, 0.29) is 19.9 Å². The summed E-state index contributed by atoms with van der Waals surface area (Å²) in [5.41, 5.74) is 0.419. The number of thiocarbonyl (C=S) groups is 1. The van der Waals surface area contributed by atoms with E-state index in [1.54, 1.807) is 0 Å². The number of carbonyl (C=O) groups is 3. The van der Waals surface area contributed by atoms with Crippen LogP contribution in [-0.2, 0) is 14.4 Å². The van der Waals surface area contributed by atoms with Crippen molar-refractivity contribution in [3.8, 4) is 0 Å². The maximum Gasteiger partial charge on any atom is 0.269 e. The van der Waals surface area contributed by atoms with Crippen molar-refractivity contribution in [2.45, 2.75) is 12.5 Å². The van der Waals surface area contributed by atoms with E-state index in [1.165, 1.54) is 36.4 Å². The van der Waals surface area contributed by atoms with E-state index in [2.05, 4.69) is 0 Å². The summed E-state index contributed by atoms with van der Waals surface area (Å²) in [5, 5.41) is 32.6. The van der Waals surface area contributed by atoms with Gasteiger partial charge in [-0.25, -0.2) is 0 Å². The minimum absolute atomic E-state index is 0.0160. The number of hydrogen-bond donors (Lipinski definition) is 0. The highest BCUT2D eigenvalue weighted by Crippen LogP contribution is 2.34. The predicted molar refractivity (Wildman–Crippen MR) is 100 cm³/mol. The number of carboxylic acid groups (broad SMARTS) is 2. The number of nitro groups is 1. The molecule has 0 bridgehead atoms. The van der Waals surface area contributed by atoms with Gasteiger partial charge in [0, 0.05) is 29.6 Å². The molecule has 1 heterocycles. The molecule has 0 N–H and O–H groups in total. The van der Waals surface area contributed by atoms with Crippen molar-refractivity contribution in [3.63, 3.8) is 0 Å². The van der Waals surface area contributed by atoms with Gasteiger partial charge in [0.05, 0.1) is 21.8 Å². The van der Waals surface area contributed by atoms with Crippen LogP contribution in [0.5, 0.6) is 0 Å². The molecule has 1 atom stereocenters. The van der Waals surface area contributed by atoms with E-state index >= 15 is 0 Å². The lowest BCUT2D eigenvalue weighted by Gasteiger charge is -2.27. The number of rotatable bonds is 7. The molecule has 2 rings (SSSR count). The Hall–Kier alpha value is -2.76. The highest BCUT2D eigenvalue weighted by atomic mass is 35.5. The molecule has 1 unspecified atom stereocenters. The van der Waals surface area contributed by atoms with Gasteiger partial charge in [-0.15, -0.1) is 0 Å². The number of non-ortho nitro benzene ring substituents is 1. The van der Waals surface area contributed by atoms with Gasteiger partial charge in [0.15, 0.2) is 0 Å². The number of benzene rings is 1. The van der Waals surface area contributed by atoms with Gasteiger partial charge in [0.1, 0.15) is 4.32 Å². The van der Waals surface area contributed by atoms with Crippen LogP contribution in [0.4, 0.5) is 5.69 Å². The van der Waals surface area contributed by atoms with E-state index in [9.17, 15) is 34.7 Å². The van der Waals surface area contributed by atoms with Gasteiger partial charge in [-0.3, -0.25) is 19.8 Å². The van der Waals surface area contributed by atoms with Crippen LogP contribution in [0, 0.1) is 10.1 Å². The lowest BCUT2D eigenvalue weighted by atomic mass is 10.1. The Bertz CT molecular complexity index is 927. The summed E-state index contributed by atoms with van der Waals surface area (Å²) in [6.45, 7) is 0. The van der Waals surface area contributed by atoms with Gasteiger partial charge < -0.3 is 19.8 Å². The Balaban J connectivity index is 2.25. The van der Waals surface area contributed by atoms with Crippen molar-refractivity contribution >= 4 is 69.5 Å². The third-order valence-electron chi connectivity index (χ3n) is 3.44. The first kappa shape index (κ1) is 21.5. The van der Waals surface area contributed by atoms with Gasteiger partial charge in [0.2, 0.25) is 0 Å². The molecule has 1 aliphatic heterocycles. The number of nitrogens with zero attached hydrogens (tertiary/aromatic N) is 2. The van der Waals surface area contributed by atoms with Gasteiger partial charge in [-0.1, -0.05) is 35.6 Å². The Morgan fingerprint density at radius 3 is 2.39 bits per heavy atom. The average molecular weight is 441 g/mol. The van der Waals surface area contributed by atoms with E-state index in [1.807, 2.05) is 0 Å². The van der Waals surface area contributed by atoms with Crippen molar-refractivity contribution in [3.05, 3.63) is 56.0 Å². The van der Waals surface area contributed by atoms with Gasteiger partial charge in [-0.05, 0) is 29.8 Å². The number of nitro benzene ring substituents is 1. The SMILES string of the molecule is O=C([O-])CC(C(=O)[O-])N1C(=O)C(=CC(Cl)=Cc2ccc([N+](=O)[O-])cc2)SC1=S. The maximum atomic E-state index is 12.4. The smallest absolute Gasteiger partial charge is 0.269 e. The summed E-state index contributed by atoms with van der Waals surface area (Å²) >= 11 is 11.8. The Morgan fingerprint density at radius 2 is 1.89 bits per heavy atom. The monoisotopic (exact) mass is 440 g/mol. The summed E-state index contributed by atoms with van der Waals surface area (Å²) in [5.74, 6) is -4.29. The molecule has 0 spiro atoms. The van der Waals surface area contributed by atoms with E-state index in [4.69, 9.17) is 23.8 Å². The molecular formula is C16H9ClN2O7S2-2. The second-order valence-corrected chi connectivity index (χ2v) is 7.45. The molecule has 1 aromatic rings. The Morgan fingerprint density at radius 1 is 1.29 bits per heavy atom. The van der Waals surface area contributed by atoms with Crippen LogP contribution in [0.25, 0.3) is 6.08 Å². The van der Waals surface area contributed by atoms with Crippen molar-refractivity contribution in [1.29, 1.82) is 0 Å². The third kappa shape index (κ3) is 5.15. The summed E-state index contributed by atoms with van der Waals surface area (Å²) in [7, 11) is 0. The number of thioether (sulfide) groups is 1. The fourth-order valence-electron chi connectivity index (χ4n) is 2.20. The minimum Gasteiger partial charge on any atom is -0.550 e. The van der Waals surface area contributed by atoms with Crippen LogP contribution in [0.2, 0.25) is 0 Å². The first-order chi connectivity index (χ1) is 13.1. The standard InChI is InChI=1S/C16H11ClN2O7S2/c17-9(5-8-1-3-10(4-2-8)19(25)26)6-12-14(22)18(16(27)28-12)11(15(23)24)7-13(20)21/h1-6,11H,7H2,(H,20,21)(H,23,24)/p-2. The summed E-state index contributed by atoms with van der Waals surface area (Å²) in [4.78, 5) is 45.1. The molecule has 146 valence electrons. The van der Waals surface area contributed by atoms with Crippen LogP contribution in [0.3, 0.4) is 0 Å². The van der Waals surface area contributed by atoms with E-state index in [0.29, 0.717) is 10.5 Å². The van der Waals surface area contributed by atoms with Crippen LogP contribution in [0.1, 0.15) is 12.0 Å². The number of halogens is 1. The number of allylic oxidation sites excluding steroid dienone is 2. The van der Waals surface area contributed by atoms with Crippen molar-refractivity contribution in [2.75, 3.05) is 0 Å². The van der Waals surface area contributed by atoms with Gasteiger partial charge in [-0.2, -0.15) is 0 Å². The Kier molecular flexibility index (Phi) is 6.89. The van der Waals surface area contributed by atoms with Gasteiger partial charge in [0.25, 0.3) is 11.6 Å². The minimum atomic E-state index is -1.80. The summed E-state index contributed by atoms with van der Waals surface area (Å²) < 4.78 is -0.161. The summed E-state index contributed by atoms with van der Waals surface area (Å²) in [6.07, 6.45) is 1.68. The lowest BCUT2D eigenvalue weighted by Crippen LogP contribution is -2.52. The second-order valence-electron chi connectivity index (χ2n) is 5.34. The molecule has 0 saturated carbocycles. The molecule has 1 aliphatic rings. The van der Waals surface area contributed by atoms with Gasteiger partial charge >= 0.3 is 0 Å². The number of hydrogen-bond acceptors (Lipinski definition) is 9. The normalized spacial score (nSPS) is 17.1. The highest BCUT2D eigenvalue weighted by molar-refractivity contribution is 8.26. The topological polar surface area (TPSA) is 144 Å². The second kappa shape index (κ2) is 8.95. The van der Waals surface area contributed by atoms with Crippen molar-refractivity contribution in [2.24, 2.45) is 0 Å². The average Bonchev–Trinajstić information content (AvgIpc) is 2.86. The van der Waals surface area contributed by atoms with Crippen molar-refractivity contribution < 1.29 is 29.5 Å². The molecule has 12 heteroatoms. The number of aliphatic carboxylic acids is 2. The molecule has 1 amide bonds. The maximum absolute atomic E-state index is 12.4. The summed E-state index contributed by atoms with van der Waals surface area (Å²) in [6, 6.07) is 3.65. The lowest BCUT2D eigenvalue weighted by molar-refractivity contribution is -0.384. The molecule has 1 aromatic carbocycles. The van der Waals surface area contributed by atoms with Crippen LogP contribution >= 0.6 is 35.6 Å². The quantitative estimate of drug-likeness (QED) is 0.251. The molecule has 9 nitrogen and oxygen atoms in total. The molecule has 28 heavy (non-hydrogen) atoms. The molecule has 0 radical (unpaired) electrons. The molecule has 0 aromatic heterocycles. The van der Waals surface area contributed by atoms with Crippen LogP contribution < -0.4 is 10.2 Å².